The Morgan fingerprint density at radius 3 is 2.59 bits per heavy atom. The van der Waals surface area contributed by atoms with Gasteiger partial charge in [-0.2, -0.15) is 23.3 Å². The summed E-state index contributed by atoms with van der Waals surface area (Å²) >= 11 is 6.93. The van der Waals surface area contributed by atoms with Gasteiger partial charge in [0.25, 0.3) is 11.6 Å². The van der Waals surface area contributed by atoms with Crippen LogP contribution in [0.4, 0.5) is 13.2 Å². The van der Waals surface area contributed by atoms with Crippen LogP contribution >= 0.6 is 23.4 Å². The summed E-state index contributed by atoms with van der Waals surface area (Å²) in [7, 11) is 0. The molecule has 1 aliphatic heterocycles. The quantitative estimate of drug-likeness (QED) is 0.618. The fourth-order valence-electron chi connectivity index (χ4n) is 3.93. The molecule has 4 rings (SSSR count). The van der Waals surface area contributed by atoms with E-state index in [0.29, 0.717) is 22.6 Å². The Hall–Kier alpha value is -2.11. The van der Waals surface area contributed by atoms with Crippen LogP contribution < -0.4 is 0 Å². The first-order chi connectivity index (χ1) is 15.0. The van der Waals surface area contributed by atoms with Crippen molar-refractivity contribution in [3.8, 4) is 0 Å². The second-order valence-electron chi connectivity index (χ2n) is 7.91. The number of rotatable bonds is 6. The largest absolute Gasteiger partial charge is 0.438 e. The molecule has 1 amide bonds. The van der Waals surface area contributed by atoms with E-state index >= 15 is 0 Å². The number of aliphatic hydroxyl groups is 1. The predicted octanol–water partition coefficient (Wildman–Crippen LogP) is 4.17. The molecular formula is C20H21ClF3N5O2S. The summed E-state index contributed by atoms with van der Waals surface area (Å²) in [5.74, 6) is -0.0631. The first-order valence-corrected chi connectivity index (χ1v) is 11.4. The van der Waals surface area contributed by atoms with Gasteiger partial charge in [0.05, 0.1) is 5.75 Å². The highest BCUT2D eigenvalue weighted by Crippen LogP contribution is 2.54. The van der Waals surface area contributed by atoms with Crippen LogP contribution in [-0.2, 0) is 11.3 Å². The number of hydrazone groups is 1. The number of hydrogen-bond donors (Lipinski definition) is 1. The molecule has 0 spiro atoms. The van der Waals surface area contributed by atoms with Crippen LogP contribution in [0, 0.1) is 0 Å². The summed E-state index contributed by atoms with van der Waals surface area (Å²) in [4.78, 5) is 12.5. The highest BCUT2D eigenvalue weighted by atomic mass is 35.5. The van der Waals surface area contributed by atoms with Crippen molar-refractivity contribution in [1.29, 1.82) is 0 Å². The molecule has 7 nitrogen and oxygen atoms in total. The predicted molar refractivity (Wildman–Crippen MR) is 114 cm³/mol. The molecule has 1 aliphatic carbocycles. The molecule has 1 saturated carbocycles. The minimum absolute atomic E-state index is 0.0316. The molecule has 0 radical (unpaired) electrons. The first kappa shape index (κ1) is 23.1. The van der Waals surface area contributed by atoms with Crippen LogP contribution in [0.5, 0.6) is 0 Å². The van der Waals surface area contributed by atoms with Gasteiger partial charge in [-0.25, -0.2) is 0 Å². The number of amides is 1. The molecule has 3 atom stereocenters. The number of carbonyl (C=O) groups excluding carboxylic acids is 1. The Morgan fingerprint density at radius 1 is 1.28 bits per heavy atom. The zero-order valence-electron chi connectivity index (χ0n) is 17.3. The standard InChI is InChI=1S/C20H21ClF3N5O2S/c1-3-28-17(15-8-14(15)12-4-6-13(21)7-5-12)25-26-18(28)32-10-16(30)29-19(31,20(22,23)24)9-11(2)27-29/h4-7,14-15,31H,3,8-10H2,1-2H3/t14-,15+,19-/m0/s1. The Balaban J connectivity index is 1.45. The highest BCUT2D eigenvalue weighted by Gasteiger charge is 2.62. The smallest absolute Gasteiger partial charge is 0.362 e. The van der Waals surface area contributed by atoms with Gasteiger partial charge in [0, 0.05) is 29.6 Å². The van der Waals surface area contributed by atoms with E-state index < -0.39 is 24.2 Å². The lowest BCUT2D eigenvalue weighted by atomic mass is 10.1. The van der Waals surface area contributed by atoms with E-state index in [2.05, 4.69) is 15.3 Å². The number of carbonyl (C=O) groups is 1. The van der Waals surface area contributed by atoms with E-state index in [1.54, 1.807) is 0 Å². The fourth-order valence-corrected chi connectivity index (χ4v) is 4.91. The molecule has 2 aromatic rings. The molecule has 2 heterocycles. The second kappa shape index (κ2) is 8.35. The SMILES string of the molecule is CCn1c(SCC(=O)N2N=C(C)C[C@]2(O)C(F)(F)F)nnc1[C@@H]1C[C@H]1c1ccc(Cl)cc1. The van der Waals surface area contributed by atoms with Crippen LogP contribution in [0.3, 0.4) is 0 Å². The van der Waals surface area contributed by atoms with Crippen LogP contribution in [0.15, 0.2) is 34.5 Å². The van der Waals surface area contributed by atoms with Crippen molar-refractivity contribution >= 4 is 35.0 Å². The Morgan fingerprint density at radius 2 is 1.97 bits per heavy atom. The molecule has 0 saturated heterocycles. The molecule has 172 valence electrons. The van der Waals surface area contributed by atoms with Crippen LogP contribution in [0.1, 0.15) is 49.9 Å². The highest BCUT2D eigenvalue weighted by molar-refractivity contribution is 7.99. The van der Waals surface area contributed by atoms with E-state index in [1.165, 1.54) is 6.92 Å². The van der Waals surface area contributed by atoms with E-state index in [4.69, 9.17) is 11.6 Å². The fraction of sp³-hybridized carbons (Fsp3) is 0.500. The van der Waals surface area contributed by atoms with Gasteiger partial charge in [-0.1, -0.05) is 35.5 Å². The monoisotopic (exact) mass is 487 g/mol. The molecule has 32 heavy (non-hydrogen) atoms. The summed E-state index contributed by atoms with van der Waals surface area (Å²) < 4.78 is 41.9. The zero-order chi connectivity index (χ0) is 23.3. The van der Waals surface area contributed by atoms with Gasteiger partial charge in [0.1, 0.15) is 5.82 Å². The lowest BCUT2D eigenvalue weighted by molar-refractivity contribution is -0.301. The second-order valence-corrected chi connectivity index (χ2v) is 9.28. The normalized spacial score (nSPS) is 25.2. The third-order valence-electron chi connectivity index (χ3n) is 5.62. The molecular weight excluding hydrogens is 467 g/mol. The number of benzene rings is 1. The molecule has 2 aliphatic rings. The average Bonchev–Trinajstić information content (AvgIpc) is 3.29. The molecule has 1 N–H and O–H groups in total. The molecule has 1 aromatic carbocycles. The summed E-state index contributed by atoms with van der Waals surface area (Å²) in [5.41, 5.74) is -2.13. The van der Waals surface area contributed by atoms with Crippen LogP contribution in [-0.4, -0.2) is 54.2 Å². The van der Waals surface area contributed by atoms with Crippen molar-refractivity contribution in [2.24, 2.45) is 5.10 Å². The van der Waals surface area contributed by atoms with Crippen molar-refractivity contribution in [2.45, 2.75) is 62.1 Å². The molecule has 0 unspecified atom stereocenters. The number of hydrogen-bond acceptors (Lipinski definition) is 6. The molecule has 12 heteroatoms. The van der Waals surface area contributed by atoms with Gasteiger partial charge in [-0.05, 0) is 43.9 Å². The van der Waals surface area contributed by atoms with Crippen LogP contribution in [0.2, 0.25) is 5.02 Å². The van der Waals surface area contributed by atoms with E-state index in [9.17, 15) is 23.1 Å². The van der Waals surface area contributed by atoms with Crippen molar-refractivity contribution < 1.29 is 23.1 Å². The maximum Gasteiger partial charge on any atom is 0.438 e. The van der Waals surface area contributed by atoms with Gasteiger partial charge in [-0.3, -0.25) is 4.79 Å². The molecule has 1 aromatic heterocycles. The van der Waals surface area contributed by atoms with Crippen molar-refractivity contribution in [2.75, 3.05) is 5.75 Å². The summed E-state index contributed by atoms with van der Waals surface area (Å²) in [5, 5.41) is 23.4. The number of halogens is 4. The molecule has 1 fully saturated rings. The number of aromatic nitrogens is 3. The number of thioether (sulfide) groups is 1. The van der Waals surface area contributed by atoms with Gasteiger partial charge in [0.2, 0.25) is 0 Å². The third-order valence-corrected chi connectivity index (χ3v) is 6.82. The number of nitrogens with zero attached hydrogens (tertiary/aromatic N) is 5. The lowest BCUT2D eigenvalue weighted by Crippen LogP contribution is -2.57. The van der Waals surface area contributed by atoms with E-state index in [1.807, 2.05) is 35.8 Å². The summed E-state index contributed by atoms with van der Waals surface area (Å²) in [6.45, 7) is 3.80. The minimum atomic E-state index is -5.02. The van der Waals surface area contributed by atoms with E-state index in [0.717, 1.165) is 29.6 Å². The van der Waals surface area contributed by atoms with Crippen LogP contribution in [0.25, 0.3) is 0 Å². The minimum Gasteiger partial charge on any atom is -0.362 e. The van der Waals surface area contributed by atoms with Crippen molar-refractivity contribution in [1.82, 2.24) is 19.8 Å². The Kier molecular flexibility index (Phi) is 6.01. The Labute approximate surface area is 191 Å². The topological polar surface area (TPSA) is 83.6 Å². The number of alkyl halides is 3. The van der Waals surface area contributed by atoms with Gasteiger partial charge in [0.15, 0.2) is 5.16 Å². The van der Waals surface area contributed by atoms with Gasteiger partial charge in [-0.15, -0.1) is 10.2 Å². The summed E-state index contributed by atoms with van der Waals surface area (Å²) in [6.07, 6.45) is -4.88. The maximum atomic E-state index is 13.4. The summed E-state index contributed by atoms with van der Waals surface area (Å²) in [6, 6.07) is 7.64. The first-order valence-electron chi connectivity index (χ1n) is 10.0. The molecule has 0 bridgehead atoms. The lowest BCUT2D eigenvalue weighted by Gasteiger charge is -2.32. The third kappa shape index (κ3) is 4.13. The van der Waals surface area contributed by atoms with Crippen molar-refractivity contribution in [3.05, 3.63) is 40.7 Å². The van der Waals surface area contributed by atoms with Gasteiger partial charge < -0.3 is 9.67 Å². The maximum absolute atomic E-state index is 13.4. The van der Waals surface area contributed by atoms with Crippen molar-refractivity contribution in [3.63, 3.8) is 0 Å². The average molecular weight is 488 g/mol. The van der Waals surface area contributed by atoms with E-state index in [-0.39, 0.29) is 22.4 Å². The van der Waals surface area contributed by atoms with Gasteiger partial charge >= 0.3 is 6.18 Å². The Bertz CT molecular complexity index is 1060. The zero-order valence-corrected chi connectivity index (χ0v) is 18.9.